The lowest BCUT2D eigenvalue weighted by molar-refractivity contribution is 0.0950. The molecule has 0 atom stereocenters. The molecule has 0 saturated carbocycles. The largest absolute Gasteiger partial charge is 0.351 e. The van der Waals surface area contributed by atoms with Gasteiger partial charge in [0.1, 0.15) is 11.5 Å². The molecule has 0 aliphatic heterocycles. The Bertz CT molecular complexity index is 521. The fraction of sp³-hybridized carbons (Fsp3) is 0.182. The Morgan fingerprint density at radius 1 is 1.44 bits per heavy atom. The van der Waals surface area contributed by atoms with E-state index in [1.807, 2.05) is 0 Å². The fourth-order valence-corrected chi connectivity index (χ4v) is 1.51. The lowest BCUT2D eigenvalue weighted by Crippen LogP contribution is -2.29. The minimum absolute atomic E-state index is 0.234. The Morgan fingerprint density at radius 3 is 3.00 bits per heavy atom. The molecule has 4 N–H and O–H groups in total. The normalized spacial score (nSPS) is 10.6. The molecular weight excluding hydrogens is 209 g/mol. The number of aromatic amines is 1. The highest BCUT2D eigenvalue weighted by Crippen LogP contribution is 2.16. The highest BCUT2D eigenvalue weighted by atomic mass is 19.1. The fourth-order valence-electron chi connectivity index (χ4n) is 1.51. The Labute approximate surface area is 91.6 Å². The first-order chi connectivity index (χ1) is 7.70. The van der Waals surface area contributed by atoms with E-state index in [1.54, 1.807) is 12.1 Å². The average Bonchev–Trinajstić information content (AvgIpc) is 2.68. The molecule has 0 bridgehead atoms. The number of fused-ring (bicyclic) bond motifs is 1. The van der Waals surface area contributed by atoms with Crippen molar-refractivity contribution in [2.75, 3.05) is 13.1 Å². The van der Waals surface area contributed by atoms with Crippen molar-refractivity contribution in [3.05, 3.63) is 35.8 Å². The summed E-state index contributed by atoms with van der Waals surface area (Å²) in [6.07, 6.45) is 0. The molecule has 0 radical (unpaired) electrons. The summed E-state index contributed by atoms with van der Waals surface area (Å²) in [5.41, 5.74) is 6.42. The zero-order valence-corrected chi connectivity index (χ0v) is 8.59. The third-order valence-corrected chi connectivity index (χ3v) is 2.26. The molecule has 0 spiro atoms. The number of rotatable bonds is 3. The number of H-pyrrole nitrogens is 1. The Morgan fingerprint density at radius 2 is 2.25 bits per heavy atom. The van der Waals surface area contributed by atoms with E-state index in [4.69, 9.17) is 5.73 Å². The van der Waals surface area contributed by atoms with Crippen molar-refractivity contribution in [2.45, 2.75) is 0 Å². The number of nitrogens with one attached hydrogen (secondary N) is 2. The van der Waals surface area contributed by atoms with Crippen LogP contribution >= 0.6 is 0 Å². The maximum Gasteiger partial charge on any atom is 0.267 e. The second-order valence-electron chi connectivity index (χ2n) is 3.46. The van der Waals surface area contributed by atoms with Crippen molar-refractivity contribution in [1.29, 1.82) is 0 Å². The van der Waals surface area contributed by atoms with Crippen LogP contribution in [0.3, 0.4) is 0 Å². The highest BCUT2D eigenvalue weighted by molar-refractivity contribution is 5.97. The van der Waals surface area contributed by atoms with Crippen LogP contribution in [0.15, 0.2) is 24.3 Å². The van der Waals surface area contributed by atoms with Crippen LogP contribution in [0.5, 0.6) is 0 Å². The van der Waals surface area contributed by atoms with Crippen LogP contribution < -0.4 is 11.1 Å². The second-order valence-corrected chi connectivity index (χ2v) is 3.46. The number of halogens is 1. The maximum absolute atomic E-state index is 12.9. The van der Waals surface area contributed by atoms with Crippen LogP contribution in [0.25, 0.3) is 10.9 Å². The first-order valence-electron chi connectivity index (χ1n) is 4.97. The van der Waals surface area contributed by atoms with E-state index in [-0.39, 0.29) is 11.7 Å². The highest BCUT2D eigenvalue weighted by Gasteiger charge is 2.08. The number of amides is 1. The molecule has 0 fully saturated rings. The number of benzene rings is 1. The van der Waals surface area contributed by atoms with Gasteiger partial charge in [-0.3, -0.25) is 4.79 Å². The first-order valence-corrected chi connectivity index (χ1v) is 4.97. The van der Waals surface area contributed by atoms with Gasteiger partial charge in [0.2, 0.25) is 0 Å². The van der Waals surface area contributed by atoms with Crippen LogP contribution in [-0.4, -0.2) is 24.0 Å². The van der Waals surface area contributed by atoms with Gasteiger partial charge in [0, 0.05) is 24.0 Å². The van der Waals surface area contributed by atoms with Gasteiger partial charge in [-0.2, -0.15) is 0 Å². The first kappa shape index (κ1) is 10.6. The maximum atomic E-state index is 12.9. The molecule has 1 aromatic carbocycles. The summed E-state index contributed by atoms with van der Waals surface area (Å²) in [5, 5.41) is 3.31. The van der Waals surface area contributed by atoms with E-state index in [2.05, 4.69) is 10.3 Å². The molecular formula is C11H12FN3O. The molecule has 4 nitrogen and oxygen atoms in total. The van der Waals surface area contributed by atoms with Gasteiger partial charge in [0.15, 0.2) is 0 Å². The van der Waals surface area contributed by atoms with Gasteiger partial charge in [0.05, 0.1) is 0 Å². The summed E-state index contributed by atoms with van der Waals surface area (Å²) in [4.78, 5) is 14.5. The summed E-state index contributed by atoms with van der Waals surface area (Å²) >= 11 is 0. The Balaban J connectivity index is 2.28. The Hall–Kier alpha value is -1.88. The van der Waals surface area contributed by atoms with Gasteiger partial charge in [-0.15, -0.1) is 0 Å². The van der Waals surface area contributed by atoms with E-state index in [1.165, 1.54) is 12.1 Å². The summed E-state index contributed by atoms with van der Waals surface area (Å²) in [6.45, 7) is 0.809. The number of hydrogen-bond donors (Lipinski definition) is 3. The van der Waals surface area contributed by atoms with Crippen molar-refractivity contribution < 1.29 is 9.18 Å². The van der Waals surface area contributed by atoms with Gasteiger partial charge in [-0.25, -0.2) is 4.39 Å². The average molecular weight is 221 g/mol. The number of hydrogen-bond acceptors (Lipinski definition) is 2. The van der Waals surface area contributed by atoms with Gasteiger partial charge >= 0.3 is 0 Å². The summed E-state index contributed by atoms with van der Waals surface area (Å²) < 4.78 is 12.9. The van der Waals surface area contributed by atoms with Crippen LogP contribution in [0.4, 0.5) is 4.39 Å². The van der Waals surface area contributed by atoms with E-state index < -0.39 is 0 Å². The molecule has 1 amide bonds. The summed E-state index contributed by atoms with van der Waals surface area (Å²) in [7, 11) is 0. The van der Waals surface area contributed by atoms with Crippen LogP contribution in [0.2, 0.25) is 0 Å². The molecule has 16 heavy (non-hydrogen) atoms. The zero-order valence-electron chi connectivity index (χ0n) is 8.59. The lowest BCUT2D eigenvalue weighted by Gasteiger charge is -1.99. The van der Waals surface area contributed by atoms with Gasteiger partial charge < -0.3 is 16.0 Å². The molecule has 0 aliphatic carbocycles. The third-order valence-electron chi connectivity index (χ3n) is 2.26. The summed E-state index contributed by atoms with van der Waals surface area (Å²) in [6, 6.07) is 5.95. The monoisotopic (exact) mass is 221 g/mol. The number of aromatic nitrogens is 1. The third kappa shape index (κ3) is 2.04. The SMILES string of the molecule is NCCNC(=O)c1cc2cc(F)ccc2[nH]1. The topological polar surface area (TPSA) is 70.9 Å². The standard InChI is InChI=1S/C11H12FN3O/c12-8-1-2-9-7(5-8)6-10(15-9)11(16)14-4-3-13/h1-2,5-6,15H,3-4,13H2,(H,14,16). The molecule has 0 saturated heterocycles. The van der Waals surface area contributed by atoms with E-state index in [0.717, 1.165) is 5.52 Å². The van der Waals surface area contributed by atoms with Crippen molar-refractivity contribution in [1.82, 2.24) is 10.3 Å². The minimum Gasteiger partial charge on any atom is -0.351 e. The van der Waals surface area contributed by atoms with Crippen molar-refractivity contribution >= 4 is 16.8 Å². The Kier molecular flexibility index (Phi) is 2.87. The van der Waals surface area contributed by atoms with Crippen molar-refractivity contribution in [3.63, 3.8) is 0 Å². The van der Waals surface area contributed by atoms with Crippen molar-refractivity contribution in [2.24, 2.45) is 5.73 Å². The van der Waals surface area contributed by atoms with Crippen LogP contribution in [-0.2, 0) is 0 Å². The molecule has 84 valence electrons. The molecule has 0 unspecified atom stereocenters. The molecule has 1 aromatic heterocycles. The van der Waals surface area contributed by atoms with Gasteiger partial charge in [0.25, 0.3) is 5.91 Å². The lowest BCUT2D eigenvalue weighted by atomic mass is 10.2. The zero-order chi connectivity index (χ0) is 11.5. The van der Waals surface area contributed by atoms with Crippen LogP contribution in [0.1, 0.15) is 10.5 Å². The predicted octanol–water partition coefficient (Wildman–Crippen LogP) is 0.996. The predicted molar refractivity (Wildman–Crippen MR) is 59.6 cm³/mol. The van der Waals surface area contributed by atoms with Crippen molar-refractivity contribution in [3.8, 4) is 0 Å². The van der Waals surface area contributed by atoms with Gasteiger partial charge in [-0.1, -0.05) is 0 Å². The number of nitrogens with two attached hydrogens (primary N) is 1. The minimum atomic E-state index is -0.319. The number of carbonyl (C=O) groups excluding carboxylic acids is 1. The molecule has 2 aromatic rings. The van der Waals surface area contributed by atoms with Gasteiger partial charge in [-0.05, 0) is 24.3 Å². The van der Waals surface area contributed by atoms with E-state index >= 15 is 0 Å². The number of carbonyl (C=O) groups is 1. The van der Waals surface area contributed by atoms with E-state index in [9.17, 15) is 9.18 Å². The smallest absolute Gasteiger partial charge is 0.267 e. The summed E-state index contributed by atoms with van der Waals surface area (Å²) in [5.74, 6) is -0.553. The van der Waals surface area contributed by atoms with E-state index in [0.29, 0.717) is 24.2 Å². The second kappa shape index (κ2) is 4.32. The molecule has 0 aliphatic rings. The van der Waals surface area contributed by atoms with Crippen LogP contribution in [0, 0.1) is 5.82 Å². The molecule has 2 rings (SSSR count). The molecule has 5 heteroatoms. The quantitative estimate of drug-likeness (QED) is 0.723. The molecule has 1 heterocycles.